The van der Waals surface area contributed by atoms with Gasteiger partial charge in [-0.05, 0) is 27.8 Å². The van der Waals surface area contributed by atoms with Crippen LogP contribution in [0.5, 0.6) is 0 Å². The summed E-state index contributed by atoms with van der Waals surface area (Å²) >= 11 is 0. The van der Waals surface area contributed by atoms with Crippen LogP contribution in [0.3, 0.4) is 0 Å². The van der Waals surface area contributed by atoms with E-state index in [0.717, 1.165) is 19.1 Å². The van der Waals surface area contributed by atoms with Crippen LogP contribution in [0.2, 0.25) is 0 Å². The third kappa shape index (κ3) is 6.68. The molecule has 4 atom stereocenters. The minimum atomic E-state index is -0.250. The second kappa shape index (κ2) is 9.22. The van der Waals surface area contributed by atoms with Gasteiger partial charge in [0.25, 0.3) is 0 Å². The maximum absolute atomic E-state index is 11.7. The van der Waals surface area contributed by atoms with Crippen LogP contribution in [0.15, 0.2) is 0 Å². The Hall–Kier alpha value is 0.160. The molecule has 0 fully saturated rings. The monoisotopic (exact) mass is 263 g/mol. The molecule has 0 aromatic carbocycles. The van der Waals surface area contributed by atoms with Gasteiger partial charge in [0.05, 0.1) is 6.04 Å². The smallest absolute Gasteiger partial charge is 0.137 e. The zero-order valence-electron chi connectivity index (χ0n) is 10.4. The standard InChI is InChI=1S/C11H23NO2P2/c1-4-9(2)5-6-11(14)7-10(8-13)12(3)16-15/h8-10,16H,4-7,15H2,1-3H3. The minimum absolute atomic E-state index is 0.201. The van der Waals surface area contributed by atoms with Gasteiger partial charge in [0.2, 0.25) is 0 Å². The SMILES string of the molecule is CCC(C)CCC(=O)CC(C=O)N(C)PP. The van der Waals surface area contributed by atoms with Crippen LogP contribution < -0.4 is 0 Å². The van der Waals surface area contributed by atoms with Crippen molar-refractivity contribution >= 4 is 29.4 Å². The largest absolute Gasteiger partial charge is 0.302 e. The van der Waals surface area contributed by atoms with Gasteiger partial charge in [-0.1, -0.05) is 29.2 Å². The molecule has 4 unspecified atom stereocenters. The number of likely N-dealkylation sites (N-methyl/N-ethyl adjacent to an activating group) is 1. The van der Waals surface area contributed by atoms with Crippen LogP contribution in [-0.2, 0) is 9.59 Å². The molecule has 3 nitrogen and oxygen atoms in total. The Morgan fingerprint density at radius 3 is 2.62 bits per heavy atom. The van der Waals surface area contributed by atoms with Gasteiger partial charge in [-0.2, -0.15) is 0 Å². The Kier molecular flexibility index (Phi) is 9.31. The normalized spacial score (nSPS) is 15.6. The van der Waals surface area contributed by atoms with E-state index in [0.29, 0.717) is 27.2 Å². The number of hydrogen-bond donors (Lipinski definition) is 0. The van der Waals surface area contributed by atoms with E-state index in [1.807, 2.05) is 11.7 Å². The lowest BCUT2D eigenvalue weighted by Crippen LogP contribution is -2.28. The van der Waals surface area contributed by atoms with Gasteiger partial charge in [0, 0.05) is 12.8 Å². The third-order valence-electron chi connectivity index (χ3n) is 2.91. The average molecular weight is 263 g/mol. The topological polar surface area (TPSA) is 37.4 Å². The lowest BCUT2D eigenvalue weighted by atomic mass is 9.99. The van der Waals surface area contributed by atoms with Crippen molar-refractivity contribution in [1.29, 1.82) is 0 Å². The van der Waals surface area contributed by atoms with Crippen molar-refractivity contribution < 1.29 is 9.59 Å². The van der Waals surface area contributed by atoms with E-state index in [1.165, 1.54) is 0 Å². The Morgan fingerprint density at radius 1 is 1.56 bits per heavy atom. The molecular formula is C11H23NO2P2. The average Bonchev–Trinajstić information content (AvgIpc) is 2.31. The van der Waals surface area contributed by atoms with Crippen molar-refractivity contribution in [2.24, 2.45) is 5.92 Å². The van der Waals surface area contributed by atoms with Crippen LogP contribution in [0, 0.1) is 5.92 Å². The second-order valence-corrected chi connectivity index (χ2v) is 5.98. The van der Waals surface area contributed by atoms with E-state index < -0.39 is 0 Å². The number of Topliss-reactive ketones (excluding diaryl/α,β-unsaturated/α-hetero) is 1. The number of carbonyl (C=O) groups is 2. The molecule has 0 saturated carbocycles. The molecule has 0 aliphatic carbocycles. The molecule has 0 aromatic rings. The van der Waals surface area contributed by atoms with Crippen LogP contribution in [0.25, 0.3) is 0 Å². The molecule has 0 amide bonds. The highest BCUT2D eigenvalue weighted by atomic mass is 32.0. The second-order valence-electron chi connectivity index (χ2n) is 4.24. The van der Waals surface area contributed by atoms with Gasteiger partial charge in [0.15, 0.2) is 0 Å². The van der Waals surface area contributed by atoms with Crippen molar-refractivity contribution in [3.63, 3.8) is 0 Å². The first-order chi connectivity index (χ1) is 7.54. The van der Waals surface area contributed by atoms with Gasteiger partial charge >= 0.3 is 0 Å². The zero-order chi connectivity index (χ0) is 12.6. The summed E-state index contributed by atoms with van der Waals surface area (Å²) in [5.41, 5.74) is 0. The quantitative estimate of drug-likeness (QED) is 0.474. The van der Waals surface area contributed by atoms with Crippen LogP contribution in [-0.4, -0.2) is 29.8 Å². The molecule has 0 radical (unpaired) electrons. The van der Waals surface area contributed by atoms with Crippen molar-refractivity contribution in [1.82, 2.24) is 4.67 Å². The minimum Gasteiger partial charge on any atom is -0.302 e. The van der Waals surface area contributed by atoms with Crippen LogP contribution >= 0.6 is 17.3 Å². The molecule has 0 rings (SSSR count). The lowest BCUT2D eigenvalue weighted by molar-refractivity contribution is -0.122. The molecule has 0 heterocycles. The summed E-state index contributed by atoms with van der Waals surface area (Å²) in [6, 6.07) is -0.250. The van der Waals surface area contributed by atoms with Gasteiger partial charge in [-0.3, -0.25) is 9.46 Å². The Morgan fingerprint density at radius 2 is 2.19 bits per heavy atom. The maximum atomic E-state index is 11.7. The number of aldehydes is 1. The number of ketones is 1. The highest BCUT2D eigenvalue weighted by Crippen LogP contribution is 2.27. The van der Waals surface area contributed by atoms with Crippen molar-refractivity contribution in [2.45, 2.75) is 45.6 Å². The fourth-order valence-electron chi connectivity index (χ4n) is 1.32. The highest BCUT2D eigenvalue weighted by Gasteiger charge is 2.17. The molecule has 0 aliphatic rings. The molecule has 0 N–H and O–H groups in total. The van der Waals surface area contributed by atoms with E-state index in [4.69, 9.17) is 0 Å². The van der Waals surface area contributed by atoms with Crippen molar-refractivity contribution in [3.05, 3.63) is 0 Å². The fraction of sp³-hybridized carbons (Fsp3) is 0.818. The summed E-state index contributed by atoms with van der Waals surface area (Å²) in [5.74, 6) is 0.799. The molecule has 0 spiro atoms. The van der Waals surface area contributed by atoms with Crippen molar-refractivity contribution in [2.75, 3.05) is 7.05 Å². The van der Waals surface area contributed by atoms with Crippen LogP contribution in [0.1, 0.15) is 39.5 Å². The molecule has 0 bridgehead atoms. The molecular weight excluding hydrogens is 240 g/mol. The van der Waals surface area contributed by atoms with Gasteiger partial charge < -0.3 is 4.79 Å². The molecule has 94 valence electrons. The first kappa shape index (κ1) is 16.2. The summed E-state index contributed by atoms with van der Waals surface area (Å²) < 4.78 is 1.90. The van der Waals surface area contributed by atoms with Gasteiger partial charge in [-0.15, -0.1) is 0 Å². The van der Waals surface area contributed by atoms with E-state index in [9.17, 15) is 9.59 Å². The maximum Gasteiger partial charge on any atom is 0.137 e. The summed E-state index contributed by atoms with van der Waals surface area (Å²) in [6.45, 7) is 4.28. The van der Waals surface area contributed by atoms with E-state index >= 15 is 0 Å². The molecule has 0 aromatic heterocycles. The summed E-state index contributed by atoms with van der Waals surface area (Å²) in [6.07, 6.45) is 3.88. The van der Waals surface area contributed by atoms with Crippen molar-refractivity contribution in [3.8, 4) is 0 Å². The van der Waals surface area contributed by atoms with E-state index in [1.54, 1.807) is 0 Å². The Bertz CT molecular complexity index is 224. The third-order valence-corrected chi connectivity index (χ3v) is 4.87. The summed E-state index contributed by atoms with van der Waals surface area (Å²) in [7, 11) is 4.94. The zero-order valence-corrected chi connectivity index (χ0v) is 12.6. The van der Waals surface area contributed by atoms with Crippen LogP contribution in [0.4, 0.5) is 0 Å². The Balaban J connectivity index is 3.96. The first-order valence-electron chi connectivity index (χ1n) is 5.71. The Labute approximate surface area is 103 Å². The van der Waals surface area contributed by atoms with E-state index in [-0.39, 0.29) is 11.8 Å². The molecule has 16 heavy (non-hydrogen) atoms. The molecule has 5 heteroatoms. The first-order valence-corrected chi connectivity index (χ1v) is 8.46. The highest BCUT2D eigenvalue weighted by molar-refractivity contribution is 8.01. The molecule has 0 saturated heterocycles. The number of rotatable bonds is 9. The summed E-state index contributed by atoms with van der Waals surface area (Å²) in [5, 5.41) is 0. The van der Waals surface area contributed by atoms with E-state index in [2.05, 4.69) is 22.8 Å². The predicted octanol–water partition coefficient (Wildman–Crippen LogP) is 2.65. The van der Waals surface area contributed by atoms with Gasteiger partial charge in [0.1, 0.15) is 12.1 Å². The lowest BCUT2D eigenvalue weighted by Gasteiger charge is -2.20. The predicted molar refractivity (Wildman–Crippen MR) is 74.0 cm³/mol. The number of hydrogen-bond acceptors (Lipinski definition) is 3. The number of carbonyl (C=O) groups excluding carboxylic acids is 2. The fourth-order valence-corrected chi connectivity index (χ4v) is 2.24. The van der Waals surface area contributed by atoms with Gasteiger partial charge in [-0.25, -0.2) is 0 Å². The molecule has 0 aliphatic heterocycles. The summed E-state index contributed by atoms with van der Waals surface area (Å²) in [4.78, 5) is 22.5. The number of nitrogens with zero attached hydrogens (tertiary/aromatic N) is 1.